The molecule has 13 heavy (non-hydrogen) atoms. The van der Waals surface area contributed by atoms with E-state index in [1.54, 1.807) is 0 Å². The van der Waals surface area contributed by atoms with E-state index >= 15 is 0 Å². The standard InChI is InChI=1S/C11H19NO/c1-3-4-5-7-12-8-6-11(9-12)10(2)13/h1,10-11,13H,4-9H2,2H3. The van der Waals surface area contributed by atoms with Gasteiger partial charge >= 0.3 is 0 Å². The number of hydrogen-bond acceptors (Lipinski definition) is 2. The topological polar surface area (TPSA) is 23.5 Å². The molecule has 2 nitrogen and oxygen atoms in total. The first kappa shape index (κ1) is 10.6. The van der Waals surface area contributed by atoms with E-state index in [4.69, 9.17) is 6.42 Å². The molecule has 2 atom stereocenters. The van der Waals surface area contributed by atoms with Gasteiger partial charge in [0.15, 0.2) is 0 Å². The van der Waals surface area contributed by atoms with Gasteiger partial charge in [-0.1, -0.05) is 0 Å². The molecule has 1 N–H and O–H groups in total. The van der Waals surface area contributed by atoms with Gasteiger partial charge in [0.25, 0.3) is 0 Å². The Bertz CT molecular complexity index is 183. The highest BCUT2D eigenvalue weighted by molar-refractivity contribution is 4.84. The monoisotopic (exact) mass is 181 g/mol. The van der Waals surface area contributed by atoms with E-state index < -0.39 is 0 Å². The summed E-state index contributed by atoms with van der Waals surface area (Å²) in [6.45, 7) is 5.14. The Balaban J connectivity index is 2.15. The van der Waals surface area contributed by atoms with Crippen LogP contribution in [0, 0.1) is 18.3 Å². The Morgan fingerprint density at radius 2 is 2.46 bits per heavy atom. The summed E-state index contributed by atoms with van der Waals surface area (Å²) in [6.07, 6.45) is 8.12. The van der Waals surface area contributed by atoms with Gasteiger partial charge in [-0.3, -0.25) is 0 Å². The van der Waals surface area contributed by atoms with E-state index in [9.17, 15) is 5.11 Å². The molecule has 2 heteroatoms. The van der Waals surface area contributed by atoms with Gasteiger partial charge in [0, 0.05) is 13.0 Å². The van der Waals surface area contributed by atoms with Crippen molar-refractivity contribution in [3.8, 4) is 12.3 Å². The molecule has 74 valence electrons. The third-order valence-corrected chi connectivity index (χ3v) is 2.79. The fraction of sp³-hybridized carbons (Fsp3) is 0.818. The van der Waals surface area contributed by atoms with Gasteiger partial charge in [-0.25, -0.2) is 0 Å². The average Bonchev–Trinajstić information content (AvgIpc) is 2.53. The lowest BCUT2D eigenvalue weighted by Gasteiger charge is -2.16. The van der Waals surface area contributed by atoms with Crippen molar-refractivity contribution in [3.63, 3.8) is 0 Å². The van der Waals surface area contributed by atoms with Crippen molar-refractivity contribution in [2.45, 2.75) is 32.3 Å². The smallest absolute Gasteiger partial charge is 0.0552 e. The van der Waals surface area contributed by atoms with Crippen LogP contribution in [-0.2, 0) is 0 Å². The van der Waals surface area contributed by atoms with Gasteiger partial charge in [0.1, 0.15) is 0 Å². The van der Waals surface area contributed by atoms with Crippen molar-refractivity contribution in [2.24, 2.45) is 5.92 Å². The second-order valence-corrected chi connectivity index (χ2v) is 3.90. The Hall–Kier alpha value is -0.520. The van der Waals surface area contributed by atoms with Crippen molar-refractivity contribution < 1.29 is 5.11 Å². The Morgan fingerprint density at radius 1 is 1.69 bits per heavy atom. The van der Waals surface area contributed by atoms with E-state index in [0.29, 0.717) is 5.92 Å². The van der Waals surface area contributed by atoms with Crippen LogP contribution in [0.3, 0.4) is 0 Å². The molecule has 0 aromatic carbocycles. The second-order valence-electron chi connectivity index (χ2n) is 3.90. The van der Waals surface area contributed by atoms with E-state index in [2.05, 4.69) is 10.8 Å². The van der Waals surface area contributed by atoms with Crippen molar-refractivity contribution >= 4 is 0 Å². The molecule has 0 saturated carbocycles. The number of unbranched alkanes of at least 4 members (excludes halogenated alkanes) is 1. The number of rotatable bonds is 4. The predicted octanol–water partition coefficient (Wildman–Crippen LogP) is 1.10. The Morgan fingerprint density at radius 3 is 3.00 bits per heavy atom. The molecule has 0 radical (unpaired) electrons. The molecule has 0 spiro atoms. The molecular weight excluding hydrogens is 162 g/mol. The van der Waals surface area contributed by atoms with Gasteiger partial charge in [-0.15, -0.1) is 12.3 Å². The van der Waals surface area contributed by atoms with Crippen LogP contribution in [0.15, 0.2) is 0 Å². The van der Waals surface area contributed by atoms with Gasteiger partial charge in [-0.05, 0) is 38.8 Å². The molecule has 1 fully saturated rings. The van der Waals surface area contributed by atoms with Gasteiger partial charge in [-0.2, -0.15) is 0 Å². The quantitative estimate of drug-likeness (QED) is 0.518. The molecule has 1 aliphatic heterocycles. The van der Waals surface area contributed by atoms with Crippen molar-refractivity contribution in [3.05, 3.63) is 0 Å². The summed E-state index contributed by atoms with van der Waals surface area (Å²) in [5.74, 6) is 3.13. The first-order valence-electron chi connectivity index (χ1n) is 5.08. The van der Waals surface area contributed by atoms with Crippen LogP contribution < -0.4 is 0 Å². The molecule has 0 amide bonds. The van der Waals surface area contributed by atoms with E-state index in [1.807, 2.05) is 6.92 Å². The summed E-state index contributed by atoms with van der Waals surface area (Å²) < 4.78 is 0. The van der Waals surface area contributed by atoms with Crippen LogP contribution in [0.4, 0.5) is 0 Å². The Labute approximate surface area is 80.9 Å². The lowest BCUT2D eigenvalue weighted by atomic mass is 10.0. The lowest BCUT2D eigenvalue weighted by Crippen LogP contribution is -2.25. The molecule has 2 unspecified atom stereocenters. The highest BCUT2D eigenvalue weighted by Gasteiger charge is 2.24. The first-order valence-corrected chi connectivity index (χ1v) is 5.08. The second kappa shape index (κ2) is 5.26. The number of likely N-dealkylation sites (tertiary alicyclic amines) is 1. The summed E-state index contributed by atoms with van der Waals surface area (Å²) in [5.41, 5.74) is 0. The third kappa shape index (κ3) is 3.38. The minimum atomic E-state index is -0.155. The number of nitrogens with zero attached hydrogens (tertiary/aromatic N) is 1. The van der Waals surface area contributed by atoms with E-state index in [0.717, 1.165) is 38.9 Å². The molecule has 1 saturated heterocycles. The maximum atomic E-state index is 9.38. The molecule has 0 aromatic rings. The van der Waals surface area contributed by atoms with Crippen LogP contribution in [0.1, 0.15) is 26.2 Å². The molecule has 0 aliphatic carbocycles. The number of aliphatic hydroxyl groups is 1. The molecule has 0 bridgehead atoms. The van der Waals surface area contributed by atoms with E-state index in [-0.39, 0.29) is 6.10 Å². The van der Waals surface area contributed by atoms with Gasteiger partial charge in [0.05, 0.1) is 6.10 Å². The summed E-state index contributed by atoms with van der Waals surface area (Å²) in [6, 6.07) is 0. The largest absolute Gasteiger partial charge is 0.393 e. The van der Waals surface area contributed by atoms with Crippen molar-refractivity contribution in [2.75, 3.05) is 19.6 Å². The Kier molecular flexibility index (Phi) is 4.27. The zero-order valence-electron chi connectivity index (χ0n) is 8.37. The van der Waals surface area contributed by atoms with Gasteiger partial charge < -0.3 is 10.0 Å². The zero-order chi connectivity index (χ0) is 9.68. The van der Waals surface area contributed by atoms with Crippen LogP contribution in [0.5, 0.6) is 0 Å². The summed E-state index contributed by atoms with van der Waals surface area (Å²) in [5, 5.41) is 9.38. The highest BCUT2D eigenvalue weighted by Crippen LogP contribution is 2.19. The minimum absolute atomic E-state index is 0.155. The minimum Gasteiger partial charge on any atom is -0.393 e. The molecular formula is C11H19NO. The molecule has 0 aromatic heterocycles. The summed E-state index contributed by atoms with van der Waals surface area (Å²) >= 11 is 0. The number of hydrogen-bond donors (Lipinski definition) is 1. The van der Waals surface area contributed by atoms with Crippen LogP contribution >= 0.6 is 0 Å². The van der Waals surface area contributed by atoms with Crippen molar-refractivity contribution in [1.82, 2.24) is 4.90 Å². The maximum absolute atomic E-state index is 9.38. The normalized spacial score (nSPS) is 25.8. The first-order chi connectivity index (χ1) is 6.24. The van der Waals surface area contributed by atoms with Crippen LogP contribution in [0.2, 0.25) is 0 Å². The maximum Gasteiger partial charge on any atom is 0.0552 e. The van der Waals surface area contributed by atoms with Crippen LogP contribution in [-0.4, -0.2) is 35.7 Å². The zero-order valence-corrected chi connectivity index (χ0v) is 8.37. The summed E-state index contributed by atoms with van der Waals surface area (Å²) in [7, 11) is 0. The SMILES string of the molecule is C#CCCCN1CCC(C(C)O)C1. The van der Waals surface area contributed by atoms with E-state index in [1.165, 1.54) is 0 Å². The third-order valence-electron chi connectivity index (χ3n) is 2.79. The molecule has 1 heterocycles. The number of aliphatic hydroxyl groups excluding tert-OH is 1. The lowest BCUT2D eigenvalue weighted by molar-refractivity contribution is 0.128. The molecule has 1 aliphatic rings. The highest BCUT2D eigenvalue weighted by atomic mass is 16.3. The average molecular weight is 181 g/mol. The van der Waals surface area contributed by atoms with Crippen LogP contribution in [0.25, 0.3) is 0 Å². The predicted molar refractivity (Wildman–Crippen MR) is 54.3 cm³/mol. The number of terminal acetylenes is 1. The fourth-order valence-electron chi connectivity index (χ4n) is 1.86. The van der Waals surface area contributed by atoms with Gasteiger partial charge in [0.2, 0.25) is 0 Å². The fourth-order valence-corrected chi connectivity index (χ4v) is 1.86. The summed E-state index contributed by atoms with van der Waals surface area (Å²) in [4.78, 5) is 2.40. The molecule has 1 rings (SSSR count). The van der Waals surface area contributed by atoms with Crippen molar-refractivity contribution in [1.29, 1.82) is 0 Å².